The van der Waals surface area contributed by atoms with E-state index in [1.54, 1.807) is 29.6 Å². The molecule has 0 radical (unpaired) electrons. The number of thioether (sulfide) groups is 2. The third kappa shape index (κ3) is 4.76. The van der Waals surface area contributed by atoms with Crippen LogP contribution in [0.1, 0.15) is 19.0 Å². The molecule has 0 atom stereocenters. The van der Waals surface area contributed by atoms with Gasteiger partial charge in [0.25, 0.3) is 5.56 Å². The van der Waals surface area contributed by atoms with Gasteiger partial charge in [-0.3, -0.25) is 4.79 Å². The van der Waals surface area contributed by atoms with E-state index in [9.17, 15) is 4.79 Å². The molecule has 1 aromatic heterocycles. The standard InChI is InChI=1S/C14H16N2OS2/c1-2-8-18-14-15-11(9-13(17)16-14)10-19-12-6-4-3-5-7-12/h3-7,9H,2,8,10H2,1H3,(H,15,16,17). The van der Waals surface area contributed by atoms with Crippen LogP contribution in [0.25, 0.3) is 0 Å². The summed E-state index contributed by atoms with van der Waals surface area (Å²) in [5.74, 6) is 1.69. The highest BCUT2D eigenvalue weighted by Gasteiger charge is 2.03. The number of H-pyrrole nitrogens is 1. The Morgan fingerprint density at radius 1 is 1.21 bits per heavy atom. The SMILES string of the molecule is CCCSc1nc(CSc2ccccc2)cc(=O)[nH]1. The Bertz CT molecular complexity index is 569. The van der Waals surface area contributed by atoms with Gasteiger partial charge in [-0.15, -0.1) is 11.8 Å². The van der Waals surface area contributed by atoms with E-state index in [1.165, 1.54) is 4.90 Å². The van der Waals surface area contributed by atoms with Crippen molar-refractivity contribution in [1.82, 2.24) is 9.97 Å². The van der Waals surface area contributed by atoms with Gasteiger partial charge < -0.3 is 4.98 Å². The van der Waals surface area contributed by atoms with Gasteiger partial charge in [0, 0.05) is 22.5 Å². The van der Waals surface area contributed by atoms with Crippen molar-refractivity contribution in [2.75, 3.05) is 5.75 Å². The molecule has 0 saturated carbocycles. The predicted molar refractivity (Wildman–Crippen MR) is 81.9 cm³/mol. The van der Waals surface area contributed by atoms with E-state index >= 15 is 0 Å². The lowest BCUT2D eigenvalue weighted by molar-refractivity contribution is 0.897. The van der Waals surface area contributed by atoms with Gasteiger partial charge in [-0.05, 0) is 18.6 Å². The van der Waals surface area contributed by atoms with Crippen LogP contribution in [0.5, 0.6) is 0 Å². The maximum Gasteiger partial charge on any atom is 0.251 e. The number of benzene rings is 1. The van der Waals surface area contributed by atoms with Crippen molar-refractivity contribution in [1.29, 1.82) is 0 Å². The molecule has 1 aromatic carbocycles. The molecule has 5 heteroatoms. The first-order valence-corrected chi connectivity index (χ1v) is 8.16. The van der Waals surface area contributed by atoms with E-state index in [1.807, 2.05) is 18.2 Å². The van der Waals surface area contributed by atoms with Crippen molar-refractivity contribution in [3.63, 3.8) is 0 Å². The first kappa shape index (κ1) is 14.2. The van der Waals surface area contributed by atoms with Crippen LogP contribution in [0.4, 0.5) is 0 Å². The molecule has 3 nitrogen and oxygen atoms in total. The Morgan fingerprint density at radius 2 is 2.00 bits per heavy atom. The molecule has 100 valence electrons. The zero-order chi connectivity index (χ0) is 13.5. The van der Waals surface area contributed by atoms with Crippen molar-refractivity contribution in [3.8, 4) is 0 Å². The summed E-state index contributed by atoms with van der Waals surface area (Å²) in [6.45, 7) is 2.11. The zero-order valence-electron chi connectivity index (χ0n) is 10.8. The van der Waals surface area contributed by atoms with Gasteiger partial charge in [0.1, 0.15) is 0 Å². The van der Waals surface area contributed by atoms with Crippen molar-refractivity contribution in [2.24, 2.45) is 0 Å². The molecule has 0 amide bonds. The van der Waals surface area contributed by atoms with Gasteiger partial charge in [-0.2, -0.15) is 0 Å². The van der Waals surface area contributed by atoms with E-state index in [0.717, 1.165) is 23.0 Å². The lowest BCUT2D eigenvalue weighted by Gasteiger charge is -2.03. The normalized spacial score (nSPS) is 10.6. The molecule has 0 spiro atoms. The lowest BCUT2D eigenvalue weighted by atomic mass is 10.4. The monoisotopic (exact) mass is 292 g/mol. The van der Waals surface area contributed by atoms with Gasteiger partial charge >= 0.3 is 0 Å². The van der Waals surface area contributed by atoms with Crippen LogP contribution in [0.3, 0.4) is 0 Å². The molecular weight excluding hydrogens is 276 g/mol. The van der Waals surface area contributed by atoms with Crippen LogP contribution >= 0.6 is 23.5 Å². The smallest absolute Gasteiger partial charge is 0.251 e. The maximum absolute atomic E-state index is 11.6. The number of hydrogen-bond acceptors (Lipinski definition) is 4. The summed E-state index contributed by atoms with van der Waals surface area (Å²) in [6.07, 6.45) is 1.07. The average molecular weight is 292 g/mol. The molecule has 2 aromatic rings. The molecule has 0 aliphatic carbocycles. The topological polar surface area (TPSA) is 45.8 Å². The second-order valence-corrected chi connectivity index (χ2v) is 6.12. The Morgan fingerprint density at radius 3 is 2.74 bits per heavy atom. The number of rotatable bonds is 6. The summed E-state index contributed by atoms with van der Waals surface area (Å²) < 4.78 is 0. The Kier molecular flexibility index (Phi) is 5.54. The molecule has 0 aliphatic rings. The summed E-state index contributed by atoms with van der Waals surface area (Å²) >= 11 is 3.28. The van der Waals surface area contributed by atoms with E-state index in [0.29, 0.717) is 5.75 Å². The first-order chi connectivity index (χ1) is 9.28. The van der Waals surface area contributed by atoms with Gasteiger partial charge in [0.05, 0.1) is 5.69 Å². The van der Waals surface area contributed by atoms with E-state index in [-0.39, 0.29) is 5.56 Å². The minimum absolute atomic E-state index is 0.0720. The average Bonchev–Trinajstić information content (AvgIpc) is 2.43. The predicted octanol–water partition coefficient (Wildman–Crippen LogP) is 3.56. The summed E-state index contributed by atoms with van der Waals surface area (Å²) in [4.78, 5) is 20.0. The highest BCUT2D eigenvalue weighted by molar-refractivity contribution is 7.99. The molecule has 0 saturated heterocycles. The molecule has 0 aliphatic heterocycles. The van der Waals surface area contributed by atoms with Crippen molar-refractivity contribution in [2.45, 2.75) is 29.1 Å². The number of hydrogen-bond donors (Lipinski definition) is 1. The molecular formula is C14H16N2OS2. The Balaban J connectivity index is 2.03. The van der Waals surface area contributed by atoms with E-state index in [4.69, 9.17) is 0 Å². The van der Waals surface area contributed by atoms with Gasteiger partial charge in [-0.25, -0.2) is 4.98 Å². The largest absolute Gasteiger partial charge is 0.301 e. The second kappa shape index (κ2) is 7.40. The molecule has 1 heterocycles. The minimum Gasteiger partial charge on any atom is -0.301 e. The van der Waals surface area contributed by atoms with Crippen LogP contribution in [0, 0.1) is 0 Å². The summed E-state index contributed by atoms with van der Waals surface area (Å²) in [7, 11) is 0. The summed E-state index contributed by atoms with van der Waals surface area (Å²) in [5, 5.41) is 0.720. The molecule has 0 fully saturated rings. The number of aromatic amines is 1. The number of aromatic nitrogens is 2. The van der Waals surface area contributed by atoms with Crippen molar-refractivity contribution >= 4 is 23.5 Å². The summed E-state index contributed by atoms with van der Waals surface area (Å²) in [6, 6.07) is 11.7. The van der Waals surface area contributed by atoms with E-state index < -0.39 is 0 Å². The molecule has 1 N–H and O–H groups in total. The van der Waals surface area contributed by atoms with Crippen molar-refractivity contribution < 1.29 is 0 Å². The quantitative estimate of drug-likeness (QED) is 0.653. The van der Waals surface area contributed by atoms with Gasteiger partial charge in [-0.1, -0.05) is 36.9 Å². The molecule has 0 unspecified atom stereocenters. The first-order valence-electron chi connectivity index (χ1n) is 6.19. The number of nitrogens with zero attached hydrogens (tertiary/aromatic N) is 1. The lowest BCUT2D eigenvalue weighted by Crippen LogP contribution is -2.09. The molecule has 2 rings (SSSR count). The highest BCUT2D eigenvalue weighted by Crippen LogP contribution is 2.21. The van der Waals surface area contributed by atoms with Gasteiger partial charge in [0.2, 0.25) is 0 Å². The second-order valence-electron chi connectivity index (χ2n) is 3.99. The fraction of sp³-hybridized carbons (Fsp3) is 0.286. The minimum atomic E-state index is -0.0720. The Hall–Kier alpha value is -1.20. The van der Waals surface area contributed by atoms with E-state index in [2.05, 4.69) is 29.0 Å². The third-order valence-electron chi connectivity index (χ3n) is 2.35. The highest BCUT2D eigenvalue weighted by atomic mass is 32.2. The number of nitrogens with one attached hydrogen (secondary N) is 1. The molecule has 0 bridgehead atoms. The van der Waals surface area contributed by atoms with Crippen LogP contribution in [-0.2, 0) is 5.75 Å². The van der Waals surface area contributed by atoms with Crippen LogP contribution < -0.4 is 5.56 Å². The molecule has 19 heavy (non-hydrogen) atoms. The van der Waals surface area contributed by atoms with Gasteiger partial charge in [0.15, 0.2) is 5.16 Å². The summed E-state index contributed by atoms with van der Waals surface area (Å²) in [5.41, 5.74) is 0.758. The fourth-order valence-electron chi connectivity index (χ4n) is 1.50. The zero-order valence-corrected chi connectivity index (χ0v) is 12.4. The fourth-order valence-corrected chi connectivity index (χ4v) is 3.06. The van der Waals surface area contributed by atoms with Crippen molar-refractivity contribution in [3.05, 3.63) is 52.4 Å². The van der Waals surface area contributed by atoms with Crippen LogP contribution in [0.2, 0.25) is 0 Å². The van der Waals surface area contributed by atoms with Crippen LogP contribution in [0.15, 0.2) is 51.2 Å². The third-order valence-corrected chi connectivity index (χ3v) is 4.47. The Labute approximate surface area is 121 Å². The maximum atomic E-state index is 11.6. The van der Waals surface area contributed by atoms with Crippen LogP contribution in [-0.4, -0.2) is 15.7 Å².